The van der Waals surface area contributed by atoms with E-state index in [1.807, 2.05) is 60.4 Å². The number of halogens is 1. The zero-order chi connectivity index (χ0) is 16.9. The van der Waals surface area contributed by atoms with E-state index in [2.05, 4.69) is 11.0 Å². The molecule has 1 aliphatic heterocycles. The Morgan fingerprint density at radius 1 is 1.04 bits per heavy atom. The topological polar surface area (TPSA) is 23.6 Å². The third-order valence-electron chi connectivity index (χ3n) is 4.17. The van der Waals surface area contributed by atoms with E-state index in [1.54, 1.807) is 11.8 Å². The molecule has 1 unspecified atom stereocenters. The Bertz CT molecular complexity index is 687. The molecule has 1 heterocycles. The van der Waals surface area contributed by atoms with Crippen LogP contribution in [-0.2, 0) is 4.79 Å². The van der Waals surface area contributed by atoms with E-state index in [9.17, 15) is 4.79 Å². The highest BCUT2D eigenvalue weighted by atomic mass is 35.5. The van der Waals surface area contributed by atoms with Crippen LogP contribution in [-0.4, -0.2) is 42.2 Å². The molecule has 2 aromatic carbocycles. The summed E-state index contributed by atoms with van der Waals surface area (Å²) in [7, 11) is 0. The van der Waals surface area contributed by atoms with Crippen LogP contribution in [0, 0.1) is 0 Å². The minimum absolute atomic E-state index is 0.0647. The fourth-order valence-electron chi connectivity index (χ4n) is 2.87. The molecule has 24 heavy (non-hydrogen) atoms. The monoisotopic (exact) mass is 360 g/mol. The summed E-state index contributed by atoms with van der Waals surface area (Å²) in [6.45, 7) is 5.18. The smallest absolute Gasteiger partial charge is 0.235 e. The largest absolute Gasteiger partial charge is 0.368 e. The van der Waals surface area contributed by atoms with Crippen LogP contribution >= 0.6 is 23.4 Å². The highest BCUT2D eigenvalue weighted by Gasteiger charge is 2.25. The molecular formula is C19H21ClN2OS. The van der Waals surface area contributed by atoms with Crippen molar-refractivity contribution in [2.45, 2.75) is 17.1 Å². The third kappa shape index (κ3) is 4.25. The number of amides is 1. The molecular weight excluding hydrogens is 340 g/mol. The van der Waals surface area contributed by atoms with Gasteiger partial charge in [0.25, 0.3) is 0 Å². The van der Waals surface area contributed by atoms with E-state index in [-0.39, 0.29) is 11.2 Å². The number of piperazine rings is 1. The maximum absolute atomic E-state index is 12.7. The highest BCUT2D eigenvalue weighted by Crippen LogP contribution is 2.25. The zero-order valence-electron chi connectivity index (χ0n) is 13.7. The number of carbonyl (C=O) groups excluding carboxylic acids is 1. The van der Waals surface area contributed by atoms with Crippen LogP contribution < -0.4 is 4.90 Å². The summed E-state index contributed by atoms with van der Waals surface area (Å²) in [4.78, 5) is 18.1. The lowest BCUT2D eigenvalue weighted by Crippen LogP contribution is -2.50. The Balaban J connectivity index is 1.55. The molecule has 0 bridgehead atoms. The molecule has 1 fully saturated rings. The lowest BCUT2D eigenvalue weighted by Gasteiger charge is -2.37. The first-order chi connectivity index (χ1) is 11.6. The molecule has 0 aliphatic carbocycles. The molecule has 0 radical (unpaired) electrons. The van der Waals surface area contributed by atoms with E-state index in [1.165, 1.54) is 0 Å². The summed E-state index contributed by atoms with van der Waals surface area (Å²) in [6.07, 6.45) is 0. The molecule has 3 nitrogen and oxygen atoms in total. The molecule has 1 atom stereocenters. The number of rotatable bonds is 4. The van der Waals surface area contributed by atoms with Gasteiger partial charge < -0.3 is 9.80 Å². The molecule has 0 spiro atoms. The van der Waals surface area contributed by atoms with Crippen molar-refractivity contribution in [3.8, 4) is 0 Å². The van der Waals surface area contributed by atoms with Crippen molar-refractivity contribution >= 4 is 35.0 Å². The van der Waals surface area contributed by atoms with Crippen molar-refractivity contribution in [2.24, 2.45) is 0 Å². The molecule has 0 N–H and O–H groups in total. The summed E-state index contributed by atoms with van der Waals surface area (Å²) < 4.78 is 0. The molecule has 5 heteroatoms. The summed E-state index contributed by atoms with van der Waals surface area (Å²) in [6, 6.07) is 18.0. The van der Waals surface area contributed by atoms with Gasteiger partial charge in [0.1, 0.15) is 0 Å². The minimum atomic E-state index is -0.0647. The van der Waals surface area contributed by atoms with E-state index in [4.69, 9.17) is 11.6 Å². The second-order valence-corrected chi connectivity index (χ2v) is 7.72. The normalized spacial score (nSPS) is 16.1. The van der Waals surface area contributed by atoms with Gasteiger partial charge in [0, 0.05) is 41.8 Å². The number of hydrogen-bond acceptors (Lipinski definition) is 3. The molecule has 0 aromatic heterocycles. The predicted octanol–water partition coefficient (Wildman–Crippen LogP) is 4.17. The fraction of sp³-hybridized carbons (Fsp3) is 0.316. The summed E-state index contributed by atoms with van der Waals surface area (Å²) >= 11 is 7.69. The van der Waals surface area contributed by atoms with Crippen molar-refractivity contribution in [3.63, 3.8) is 0 Å². The van der Waals surface area contributed by atoms with Gasteiger partial charge in [0.2, 0.25) is 5.91 Å². The molecule has 3 rings (SSSR count). The average molecular weight is 361 g/mol. The second kappa shape index (κ2) is 7.95. The van der Waals surface area contributed by atoms with Gasteiger partial charge >= 0.3 is 0 Å². The van der Waals surface area contributed by atoms with Crippen molar-refractivity contribution in [1.29, 1.82) is 0 Å². The lowest BCUT2D eigenvalue weighted by atomic mass is 10.2. The first-order valence-corrected chi connectivity index (χ1v) is 9.40. The molecule has 126 valence electrons. The van der Waals surface area contributed by atoms with E-state index < -0.39 is 0 Å². The standard InChI is InChI=1S/C19H21ClN2OS/c1-15(24-18-8-3-2-4-9-18)19(23)22-12-10-21(11-13-22)17-7-5-6-16(20)14-17/h2-9,14-15H,10-13H2,1H3. The molecule has 1 saturated heterocycles. The number of carbonyl (C=O) groups is 1. The Labute approximate surface area is 152 Å². The van der Waals surface area contributed by atoms with Crippen LogP contribution in [0.25, 0.3) is 0 Å². The lowest BCUT2D eigenvalue weighted by molar-refractivity contribution is -0.130. The van der Waals surface area contributed by atoms with Gasteiger partial charge in [-0.15, -0.1) is 11.8 Å². The Morgan fingerprint density at radius 3 is 2.42 bits per heavy atom. The Hall–Kier alpha value is -1.65. The molecule has 1 amide bonds. The Kier molecular flexibility index (Phi) is 5.69. The van der Waals surface area contributed by atoms with Crippen LogP contribution in [0.15, 0.2) is 59.5 Å². The minimum Gasteiger partial charge on any atom is -0.368 e. The molecule has 2 aromatic rings. The number of nitrogens with zero attached hydrogens (tertiary/aromatic N) is 2. The van der Waals surface area contributed by atoms with Gasteiger partial charge in [-0.1, -0.05) is 35.9 Å². The van der Waals surface area contributed by atoms with Gasteiger partial charge in [-0.05, 0) is 37.3 Å². The van der Waals surface area contributed by atoms with Crippen LogP contribution in [0.5, 0.6) is 0 Å². The van der Waals surface area contributed by atoms with Crippen molar-refractivity contribution < 1.29 is 4.79 Å². The highest BCUT2D eigenvalue weighted by molar-refractivity contribution is 8.00. The average Bonchev–Trinajstić information content (AvgIpc) is 2.62. The van der Waals surface area contributed by atoms with Crippen LogP contribution in [0.4, 0.5) is 5.69 Å². The first kappa shape index (κ1) is 17.2. The van der Waals surface area contributed by atoms with Gasteiger partial charge in [0.05, 0.1) is 5.25 Å². The van der Waals surface area contributed by atoms with E-state index in [0.29, 0.717) is 0 Å². The SMILES string of the molecule is CC(Sc1ccccc1)C(=O)N1CCN(c2cccc(Cl)c2)CC1. The van der Waals surface area contributed by atoms with Gasteiger partial charge in [0.15, 0.2) is 0 Å². The summed E-state index contributed by atoms with van der Waals surface area (Å²) in [5.74, 6) is 0.217. The van der Waals surface area contributed by atoms with Crippen molar-refractivity contribution in [1.82, 2.24) is 4.90 Å². The van der Waals surface area contributed by atoms with E-state index >= 15 is 0 Å². The maximum atomic E-state index is 12.7. The van der Waals surface area contributed by atoms with Gasteiger partial charge in [-0.3, -0.25) is 4.79 Å². The quantitative estimate of drug-likeness (QED) is 0.764. The van der Waals surface area contributed by atoms with Gasteiger partial charge in [-0.25, -0.2) is 0 Å². The zero-order valence-corrected chi connectivity index (χ0v) is 15.3. The van der Waals surface area contributed by atoms with Crippen molar-refractivity contribution in [3.05, 3.63) is 59.6 Å². The fourth-order valence-corrected chi connectivity index (χ4v) is 4.03. The number of hydrogen-bond donors (Lipinski definition) is 0. The number of anilines is 1. The maximum Gasteiger partial charge on any atom is 0.235 e. The summed E-state index contributed by atoms with van der Waals surface area (Å²) in [5.41, 5.74) is 1.13. The number of thioether (sulfide) groups is 1. The molecule has 1 aliphatic rings. The van der Waals surface area contributed by atoms with Crippen LogP contribution in [0.1, 0.15) is 6.92 Å². The van der Waals surface area contributed by atoms with Crippen LogP contribution in [0.3, 0.4) is 0 Å². The van der Waals surface area contributed by atoms with Crippen LogP contribution in [0.2, 0.25) is 5.02 Å². The summed E-state index contributed by atoms with van der Waals surface area (Å²) in [5, 5.41) is 0.684. The van der Waals surface area contributed by atoms with Gasteiger partial charge in [-0.2, -0.15) is 0 Å². The first-order valence-electron chi connectivity index (χ1n) is 8.14. The Morgan fingerprint density at radius 2 is 1.75 bits per heavy atom. The predicted molar refractivity (Wildman–Crippen MR) is 102 cm³/mol. The number of benzene rings is 2. The van der Waals surface area contributed by atoms with Crippen molar-refractivity contribution in [2.75, 3.05) is 31.1 Å². The molecule has 0 saturated carbocycles. The van der Waals surface area contributed by atoms with E-state index in [0.717, 1.165) is 41.8 Å². The second-order valence-electron chi connectivity index (χ2n) is 5.87. The third-order valence-corrected chi connectivity index (χ3v) is 5.50.